The van der Waals surface area contributed by atoms with E-state index in [-0.39, 0.29) is 29.4 Å². The van der Waals surface area contributed by atoms with Gasteiger partial charge in [0, 0.05) is 13.0 Å². The maximum atomic E-state index is 10.7. The van der Waals surface area contributed by atoms with Gasteiger partial charge in [-0.05, 0) is 52.9 Å². The maximum Gasteiger partial charge on any atom is 0.303 e. The van der Waals surface area contributed by atoms with E-state index < -0.39 is 14.3 Å². The Labute approximate surface area is 199 Å². The molecule has 4 nitrogen and oxygen atoms in total. The van der Waals surface area contributed by atoms with Crippen LogP contribution in [0.1, 0.15) is 52.9 Å². The predicted molar refractivity (Wildman–Crippen MR) is 136 cm³/mol. The van der Waals surface area contributed by atoms with Crippen LogP contribution in [0.15, 0.2) is 72.8 Å². The number of carboxylic acids is 1. The van der Waals surface area contributed by atoms with Crippen LogP contribution in [-0.2, 0) is 9.22 Å². The van der Waals surface area contributed by atoms with E-state index in [0.717, 1.165) is 19.3 Å². The lowest BCUT2D eigenvalue weighted by molar-refractivity contribution is -0.136. The van der Waals surface area contributed by atoms with Crippen LogP contribution in [0.4, 0.5) is 0 Å². The predicted octanol–water partition coefficient (Wildman–Crippen LogP) is 4.76. The van der Waals surface area contributed by atoms with E-state index >= 15 is 0 Å². The maximum absolute atomic E-state index is 10.7. The summed E-state index contributed by atoms with van der Waals surface area (Å²) < 4.78 is 7.11. The molecule has 0 amide bonds. The normalized spacial score (nSPS) is 21.5. The standard InChI is InChI=1S/C28H38O4Si/c1-28(2,3)33(23-13-7-4-8-14-23,24-15-9-5-10-16-24)32-21-22-19-20-26(29)25(22)17-11-6-12-18-27(30)31/h4-11,13-16,22,25-26,29H,12,17-21H2,1-3H3,(H,30,31)/b11-6-/t22-,25-,26+/m1/s1. The van der Waals surface area contributed by atoms with Crippen LogP contribution >= 0.6 is 0 Å². The number of rotatable bonds is 10. The van der Waals surface area contributed by atoms with E-state index in [1.54, 1.807) is 0 Å². The molecule has 0 spiro atoms. The van der Waals surface area contributed by atoms with Gasteiger partial charge in [0.25, 0.3) is 8.32 Å². The van der Waals surface area contributed by atoms with Crippen molar-refractivity contribution in [1.29, 1.82) is 0 Å². The highest BCUT2D eigenvalue weighted by Gasteiger charge is 2.51. The van der Waals surface area contributed by atoms with Gasteiger partial charge in [-0.2, -0.15) is 0 Å². The fraction of sp³-hybridized carbons (Fsp3) is 0.464. The molecule has 0 bridgehead atoms. The van der Waals surface area contributed by atoms with Crippen LogP contribution in [0, 0.1) is 11.8 Å². The first-order chi connectivity index (χ1) is 15.8. The minimum atomic E-state index is -2.59. The number of aliphatic hydroxyl groups excluding tert-OH is 1. The van der Waals surface area contributed by atoms with Crippen molar-refractivity contribution in [3.8, 4) is 0 Å². The Morgan fingerprint density at radius 2 is 1.58 bits per heavy atom. The summed E-state index contributed by atoms with van der Waals surface area (Å²) in [5.41, 5.74) is 0. The third-order valence-electron chi connectivity index (χ3n) is 6.96. The second kappa shape index (κ2) is 11.3. The number of aliphatic carboxylic acids is 1. The van der Waals surface area contributed by atoms with Crippen molar-refractivity contribution in [3.63, 3.8) is 0 Å². The van der Waals surface area contributed by atoms with Crippen molar-refractivity contribution in [3.05, 3.63) is 72.8 Å². The molecule has 3 rings (SSSR count). The summed E-state index contributed by atoms with van der Waals surface area (Å²) >= 11 is 0. The van der Waals surface area contributed by atoms with E-state index in [4.69, 9.17) is 9.53 Å². The fourth-order valence-corrected chi connectivity index (χ4v) is 9.87. The molecule has 0 unspecified atom stereocenters. The Morgan fingerprint density at radius 1 is 1.00 bits per heavy atom. The lowest BCUT2D eigenvalue weighted by atomic mass is 9.92. The number of allylic oxidation sites excluding steroid dienone is 2. The highest BCUT2D eigenvalue weighted by atomic mass is 28.4. The number of hydrogen-bond acceptors (Lipinski definition) is 3. The molecule has 2 N–H and O–H groups in total. The van der Waals surface area contributed by atoms with Crippen LogP contribution in [0.3, 0.4) is 0 Å². The van der Waals surface area contributed by atoms with E-state index in [1.807, 2.05) is 12.2 Å². The van der Waals surface area contributed by atoms with Gasteiger partial charge in [-0.3, -0.25) is 4.79 Å². The molecule has 5 heteroatoms. The van der Waals surface area contributed by atoms with Crippen LogP contribution < -0.4 is 10.4 Å². The molecule has 0 aromatic heterocycles. The Kier molecular flexibility index (Phi) is 8.68. The summed E-state index contributed by atoms with van der Waals surface area (Å²) in [5.74, 6) is -0.354. The van der Waals surface area contributed by atoms with E-state index in [0.29, 0.717) is 13.0 Å². The number of hydrogen-bond donors (Lipinski definition) is 2. The van der Waals surface area contributed by atoms with Crippen molar-refractivity contribution in [2.24, 2.45) is 11.8 Å². The topological polar surface area (TPSA) is 66.8 Å². The van der Waals surface area contributed by atoms with E-state index in [2.05, 4.69) is 81.4 Å². The molecule has 1 fully saturated rings. The van der Waals surface area contributed by atoms with E-state index in [9.17, 15) is 9.90 Å². The molecule has 0 radical (unpaired) electrons. The summed E-state index contributed by atoms with van der Waals surface area (Å²) in [7, 11) is -2.59. The molecule has 33 heavy (non-hydrogen) atoms. The Balaban J connectivity index is 1.84. The molecule has 3 atom stereocenters. The van der Waals surface area contributed by atoms with Crippen molar-refractivity contribution in [2.75, 3.05) is 6.61 Å². The highest BCUT2D eigenvalue weighted by molar-refractivity contribution is 6.99. The zero-order valence-corrected chi connectivity index (χ0v) is 21.1. The molecule has 1 aliphatic carbocycles. The first kappa shape index (κ1) is 25.4. The van der Waals surface area contributed by atoms with Gasteiger partial charge in [-0.1, -0.05) is 93.6 Å². The molecule has 0 saturated heterocycles. The average molecular weight is 467 g/mol. The van der Waals surface area contributed by atoms with Gasteiger partial charge in [-0.25, -0.2) is 0 Å². The van der Waals surface area contributed by atoms with Gasteiger partial charge in [-0.15, -0.1) is 0 Å². The quantitative estimate of drug-likeness (QED) is 0.391. The number of carbonyl (C=O) groups is 1. The minimum Gasteiger partial charge on any atom is -0.481 e. The molecular formula is C28H38O4Si. The molecular weight excluding hydrogens is 428 g/mol. The molecule has 2 aromatic carbocycles. The van der Waals surface area contributed by atoms with Crippen molar-refractivity contribution in [2.45, 2.75) is 64.0 Å². The van der Waals surface area contributed by atoms with Gasteiger partial charge >= 0.3 is 5.97 Å². The second-order valence-corrected chi connectivity index (χ2v) is 14.5. The number of benzene rings is 2. The van der Waals surface area contributed by atoms with Gasteiger partial charge in [0.15, 0.2) is 0 Å². The first-order valence-corrected chi connectivity index (χ1v) is 14.0. The largest absolute Gasteiger partial charge is 0.481 e. The second-order valence-electron chi connectivity index (χ2n) is 10.2. The zero-order valence-electron chi connectivity index (χ0n) is 20.1. The van der Waals surface area contributed by atoms with Crippen LogP contribution in [0.5, 0.6) is 0 Å². The van der Waals surface area contributed by atoms with E-state index in [1.165, 1.54) is 10.4 Å². The Hall–Kier alpha value is -2.21. The molecule has 1 saturated carbocycles. The highest BCUT2D eigenvalue weighted by Crippen LogP contribution is 2.40. The van der Waals surface area contributed by atoms with Crippen molar-refractivity contribution in [1.82, 2.24) is 0 Å². The lowest BCUT2D eigenvalue weighted by Gasteiger charge is -2.44. The van der Waals surface area contributed by atoms with Crippen molar-refractivity contribution < 1.29 is 19.4 Å². The third-order valence-corrected chi connectivity index (χ3v) is 12.0. The number of aliphatic hydroxyl groups is 1. The lowest BCUT2D eigenvalue weighted by Crippen LogP contribution is -2.67. The summed E-state index contributed by atoms with van der Waals surface area (Å²) in [6.07, 6.45) is 6.81. The van der Waals surface area contributed by atoms with Crippen LogP contribution in [-0.4, -0.2) is 37.2 Å². The van der Waals surface area contributed by atoms with Crippen LogP contribution in [0.25, 0.3) is 0 Å². The molecule has 178 valence electrons. The Bertz CT molecular complexity index is 865. The molecule has 0 heterocycles. The number of carboxylic acid groups (broad SMARTS) is 1. The summed E-state index contributed by atoms with van der Waals surface area (Å²) in [4.78, 5) is 10.7. The molecule has 2 aromatic rings. The Morgan fingerprint density at radius 3 is 2.09 bits per heavy atom. The van der Waals surface area contributed by atoms with Gasteiger partial charge in [0.2, 0.25) is 0 Å². The van der Waals surface area contributed by atoms with Gasteiger partial charge in [0.05, 0.1) is 6.10 Å². The van der Waals surface area contributed by atoms with Crippen LogP contribution in [0.2, 0.25) is 5.04 Å². The summed E-state index contributed by atoms with van der Waals surface area (Å²) in [6.45, 7) is 7.47. The minimum absolute atomic E-state index is 0.0703. The monoisotopic (exact) mass is 466 g/mol. The third kappa shape index (κ3) is 6.02. The zero-order chi connectivity index (χ0) is 23.9. The fourth-order valence-electron chi connectivity index (χ4n) is 5.26. The summed E-state index contributed by atoms with van der Waals surface area (Å²) in [5, 5.41) is 21.9. The average Bonchev–Trinajstić information content (AvgIpc) is 3.14. The summed E-state index contributed by atoms with van der Waals surface area (Å²) in [6, 6.07) is 21.3. The SMILES string of the molecule is CC(C)(C)[Si](OC[C@H]1CC[C@H](O)[C@@H]1C/C=C\CCC(=O)O)(c1ccccc1)c1ccccc1. The molecule has 1 aliphatic rings. The smallest absolute Gasteiger partial charge is 0.303 e. The van der Waals surface area contributed by atoms with Gasteiger partial charge in [0.1, 0.15) is 0 Å². The van der Waals surface area contributed by atoms with Crippen molar-refractivity contribution >= 4 is 24.7 Å². The first-order valence-electron chi connectivity index (χ1n) is 12.1. The van der Waals surface area contributed by atoms with Gasteiger partial charge < -0.3 is 14.6 Å². The molecule has 0 aliphatic heterocycles.